The highest BCUT2D eigenvalue weighted by molar-refractivity contribution is 7.89. The molecule has 0 N–H and O–H groups in total. The number of furan rings is 1. The molecule has 1 aliphatic rings. The number of ether oxygens (including phenoxy) is 1. The number of rotatable bonds is 5. The van der Waals surface area contributed by atoms with Crippen LogP contribution in [0, 0.1) is 0 Å². The van der Waals surface area contributed by atoms with Crippen molar-refractivity contribution < 1.29 is 17.6 Å². The maximum Gasteiger partial charge on any atom is 0.243 e. The molecule has 1 aromatic heterocycles. The van der Waals surface area contributed by atoms with Crippen molar-refractivity contribution in [3.8, 4) is 5.75 Å². The van der Waals surface area contributed by atoms with Crippen LogP contribution in [0.15, 0.2) is 52.0 Å². The zero-order valence-corrected chi connectivity index (χ0v) is 14.1. The molecule has 3 rings (SSSR count). The molecular formula is C17H21NO4S. The van der Waals surface area contributed by atoms with Gasteiger partial charge in [0.2, 0.25) is 10.0 Å². The fraction of sp³-hybridized carbons (Fsp3) is 0.412. The van der Waals surface area contributed by atoms with Gasteiger partial charge in [-0.3, -0.25) is 0 Å². The van der Waals surface area contributed by atoms with Crippen molar-refractivity contribution in [1.29, 1.82) is 0 Å². The molecule has 124 valence electrons. The number of benzene rings is 1. The SMILES string of the molecule is CC(C)Oc1ccc(S(=O)(=O)N2CCC(c3ccco3)C2)cc1. The first kappa shape index (κ1) is 16.1. The summed E-state index contributed by atoms with van der Waals surface area (Å²) in [5.41, 5.74) is 0. The minimum absolute atomic E-state index is 0.0603. The summed E-state index contributed by atoms with van der Waals surface area (Å²) in [4.78, 5) is 0.300. The predicted molar refractivity (Wildman–Crippen MR) is 87.0 cm³/mol. The van der Waals surface area contributed by atoms with Crippen molar-refractivity contribution in [2.75, 3.05) is 13.1 Å². The number of nitrogens with zero attached hydrogens (tertiary/aromatic N) is 1. The Morgan fingerprint density at radius 1 is 1.22 bits per heavy atom. The van der Waals surface area contributed by atoms with Gasteiger partial charge < -0.3 is 9.15 Å². The summed E-state index contributed by atoms with van der Waals surface area (Å²) in [6.07, 6.45) is 2.46. The lowest BCUT2D eigenvalue weighted by Crippen LogP contribution is -2.28. The Kier molecular flexibility index (Phi) is 4.46. The summed E-state index contributed by atoms with van der Waals surface area (Å²) in [6, 6.07) is 10.3. The summed E-state index contributed by atoms with van der Waals surface area (Å²) >= 11 is 0. The van der Waals surface area contributed by atoms with E-state index in [0.29, 0.717) is 23.7 Å². The molecule has 2 heterocycles. The quantitative estimate of drug-likeness (QED) is 0.841. The Hall–Kier alpha value is -1.79. The predicted octanol–water partition coefficient (Wildman–Crippen LogP) is 3.25. The highest BCUT2D eigenvalue weighted by atomic mass is 32.2. The molecule has 0 amide bonds. The van der Waals surface area contributed by atoms with Crippen LogP contribution in [0.4, 0.5) is 0 Å². The average molecular weight is 335 g/mol. The van der Waals surface area contributed by atoms with Gasteiger partial charge in [0.25, 0.3) is 0 Å². The van der Waals surface area contributed by atoms with Crippen molar-refractivity contribution in [1.82, 2.24) is 4.31 Å². The highest BCUT2D eigenvalue weighted by Gasteiger charge is 2.34. The molecule has 0 spiro atoms. The summed E-state index contributed by atoms with van der Waals surface area (Å²) < 4.78 is 38.0. The molecule has 0 radical (unpaired) electrons. The maximum atomic E-state index is 12.7. The molecule has 0 bridgehead atoms. The minimum atomic E-state index is -3.47. The topological polar surface area (TPSA) is 59.8 Å². The van der Waals surface area contributed by atoms with Gasteiger partial charge in [0.15, 0.2) is 0 Å². The van der Waals surface area contributed by atoms with E-state index < -0.39 is 10.0 Å². The number of sulfonamides is 1. The third-order valence-corrected chi connectivity index (χ3v) is 5.81. The van der Waals surface area contributed by atoms with Crippen LogP contribution in [-0.4, -0.2) is 31.9 Å². The molecule has 1 aliphatic heterocycles. The molecule has 2 aromatic rings. The molecule has 6 heteroatoms. The summed E-state index contributed by atoms with van der Waals surface area (Å²) in [6.45, 7) is 4.84. The Morgan fingerprint density at radius 2 is 1.96 bits per heavy atom. The normalized spacial score (nSPS) is 19.3. The first-order chi connectivity index (χ1) is 11.0. The molecule has 1 fully saturated rings. The second-order valence-electron chi connectivity index (χ2n) is 6.00. The van der Waals surface area contributed by atoms with Gasteiger partial charge in [-0.25, -0.2) is 8.42 Å². The van der Waals surface area contributed by atoms with E-state index >= 15 is 0 Å². The molecule has 23 heavy (non-hydrogen) atoms. The third kappa shape index (κ3) is 3.43. The van der Waals surface area contributed by atoms with Crippen LogP contribution >= 0.6 is 0 Å². The van der Waals surface area contributed by atoms with E-state index in [9.17, 15) is 8.42 Å². The summed E-state index contributed by atoms with van der Waals surface area (Å²) in [5, 5.41) is 0. The monoisotopic (exact) mass is 335 g/mol. The molecular weight excluding hydrogens is 314 g/mol. The van der Waals surface area contributed by atoms with E-state index in [1.165, 1.54) is 4.31 Å². The fourth-order valence-electron chi connectivity index (χ4n) is 2.81. The van der Waals surface area contributed by atoms with Crippen molar-refractivity contribution in [2.24, 2.45) is 0 Å². The fourth-order valence-corrected chi connectivity index (χ4v) is 4.31. The molecule has 0 aliphatic carbocycles. The lowest BCUT2D eigenvalue weighted by atomic mass is 10.1. The van der Waals surface area contributed by atoms with Gasteiger partial charge in [-0.1, -0.05) is 0 Å². The molecule has 5 nitrogen and oxygen atoms in total. The second-order valence-corrected chi connectivity index (χ2v) is 7.94. The van der Waals surface area contributed by atoms with Crippen molar-refractivity contribution in [2.45, 2.75) is 37.2 Å². The van der Waals surface area contributed by atoms with E-state index in [-0.39, 0.29) is 12.0 Å². The van der Waals surface area contributed by atoms with Gasteiger partial charge >= 0.3 is 0 Å². The van der Waals surface area contributed by atoms with Gasteiger partial charge in [0.1, 0.15) is 11.5 Å². The van der Waals surface area contributed by atoms with Crippen LogP contribution in [0.1, 0.15) is 31.9 Å². The standard InChI is InChI=1S/C17H21NO4S/c1-13(2)22-15-5-7-16(8-6-15)23(19,20)18-10-9-14(12-18)17-4-3-11-21-17/h3-8,11,13-14H,9-10,12H2,1-2H3. The molecule has 1 atom stereocenters. The van der Waals surface area contributed by atoms with Crippen LogP contribution in [0.3, 0.4) is 0 Å². The molecule has 1 aromatic carbocycles. The van der Waals surface area contributed by atoms with E-state index in [1.807, 2.05) is 26.0 Å². The Morgan fingerprint density at radius 3 is 2.57 bits per heavy atom. The van der Waals surface area contributed by atoms with E-state index in [4.69, 9.17) is 9.15 Å². The second kappa shape index (κ2) is 6.37. The smallest absolute Gasteiger partial charge is 0.243 e. The Labute approximate surface area is 136 Å². The Balaban J connectivity index is 1.74. The van der Waals surface area contributed by atoms with Crippen LogP contribution in [0.2, 0.25) is 0 Å². The van der Waals surface area contributed by atoms with Gasteiger partial charge in [-0.15, -0.1) is 0 Å². The van der Waals surface area contributed by atoms with Crippen LogP contribution < -0.4 is 4.74 Å². The van der Waals surface area contributed by atoms with Gasteiger partial charge in [-0.05, 0) is 56.7 Å². The van der Waals surface area contributed by atoms with Crippen molar-refractivity contribution >= 4 is 10.0 Å². The maximum absolute atomic E-state index is 12.7. The van der Waals surface area contributed by atoms with E-state index in [1.54, 1.807) is 30.5 Å². The van der Waals surface area contributed by atoms with Crippen LogP contribution in [0.25, 0.3) is 0 Å². The van der Waals surface area contributed by atoms with Gasteiger partial charge in [-0.2, -0.15) is 4.31 Å². The van der Waals surface area contributed by atoms with Crippen LogP contribution in [-0.2, 0) is 10.0 Å². The summed E-state index contributed by atoms with van der Waals surface area (Å²) in [5.74, 6) is 1.65. The molecule has 0 saturated carbocycles. The minimum Gasteiger partial charge on any atom is -0.491 e. The third-order valence-electron chi connectivity index (χ3n) is 3.93. The average Bonchev–Trinajstić information content (AvgIpc) is 3.18. The van der Waals surface area contributed by atoms with Crippen molar-refractivity contribution in [3.63, 3.8) is 0 Å². The van der Waals surface area contributed by atoms with Crippen molar-refractivity contribution in [3.05, 3.63) is 48.4 Å². The zero-order chi connectivity index (χ0) is 16.4. The summed E-state index contributed by atoms with van der Waals surface area (Å²) in [7, 11) is -3.47. The lowest BCUT2D eigenvalue weighted by molar-refractivity contribution is 0.242. The Bertz CT molecular complexity index is 735. The number of hydrogen-bond acceptors (Lipinski definition) is 4. The van der Waals surface area contributed by atoms with Gasteiger partial charge in [0.05, 0.1) is 17.3 Å². The highest BCUT2D eigenvalue weighted by Crippen LogP contribution is 2.31. The van der Waals surface area contributed by atoms with E-state index in [0.717, 1.165) is 12.2 Å². The lowest BCUT2D eigenvalue weighted by Gasteiger charge is -2.17. The largest absolute Gasteiger partial charge is 0.491 e. The van der Waals surface area contributed by atoms with E-state index in [2.05, 4.69) is 0 Å². The number of hydrogen-bond donors (Lipinski definition) is 0. The van der Waals surface area contributed by atoms with Gasteiger partial charge in [0, 0.05) is 19.0 Å². The van der Waals surface area contributed by atoms with Crippen LogP contribution in [0.5, 0.6) is 5.75 Å². The molecule has 1 saturated heterocycles. The molecule has 1 unspecified atom stereocenters. The first-order valence-electron chi connectivity index (χ1n) is 7.77. The first-order valence-corrected chi connectivity index (χ1v) is 9.21. The zero-order valence-electron chi connectivity index (χ0n) is 13.3.